The van der Waals surface area contributed by atoms with E-state index in [0.29, 0.717) is 18.9 Å². The zero-order valence-electron chi connectivity index (χ0n) is 12.6. The Morgan fingerprint density at radius 3 is 2.65 bits per heavy atom. The molecule has 2 N–H and O–H groups in total. The van der Waals surface area contributed by atoms with Crippen LogP contribution in [0.25, 0.3) is 0 Å². The fourth-order valence-electron chi connectivity index (χ4n) is 2.92. The standard InChI is InChI=1S/C16H23NO3/c1-9(2)13-6-11(5-10(3)15(13)20-4)14-7-12(8-17-14)16(18)19/h5-6,9,12,14,17H,7-8H2,1-4H3,(H,18,19). The third kappa shape index (κ3) is 2.80. The van der Waals surface area contributed by atoms with E-state index in [1.165, 1.54) is 5.56 Å². The lowest BCUT2D eigenvalue weighted by molar-refractivity contribution is -0.141. The van der Waals surface area contributed by atoms with Crippen molar-refractivity contribution in [2.75, 3.05) is 13.7 Å². The predicted molar refractivity (Wildman–Crippen MR) is 78.3 cm³/mol. The van der Waals surface area contributed by atoms with E-state index in [4.69, 9.17) is 9.84 Å². The van der Waals surface area contributed by atoms with Crippen LogP contribution < -0.4 is 10.1 Å². The number of hydrogen-bond acceptors (Lipinski definition) is 3. The molecule has 0 saturated carbocycles. The fraction of sp³-hybridized carbons (Fsp3) is 0.562. The van der Waals surface area contributed by atoms with E-state index in [0.717, 1.165) is 16.9 Å². The zero-order chi connectivity index (χ0) is 14.9. The summed E-state index contributed by atoms with van der Waals surface area (Å²) in [6, 6.07) is 4.38. The second-order valence-corrected chi connectivity index (χ2v) is 5.85. The average molecular weight is 277 g/mol. The maximum atomic E-state index is 11.1. The van der Waals surface area contributed by atoms with Gasteiger partial charge in [-0.15, -0.1) is 0 Å². The molecule has 0 amide bonds. The van der Waals surface area contributed by atoms with Crippen LogP contribution in [-0.2, 0) is 4.79 Å². The first kappa shape index (κ1) is 14.9. The van der Waals surface area contributed by atoms with Gasteiger partial charge in [-0.3, -0.25) is 4.79 Å². The summed E-state index contributed by atoms with van der Waals surface area (Å²) in [5.74, 6) is 0.316. The summed E-state index contributed by atoms with van der Waals surface area (Å²) in [6.45, 7) is 6.87. The van der Waals surface area contributed by atoms with Gasteiger partial charge >= 0.3 is 5.97 Å². The minimum atomic E-state index is -0.714. The molecule has 1 heterocycles. The smallest absolute Gasteiger partial charge is 0.307 e. The Hall–Kier alpha value is -1.55. The highest BCUT2D eigenvalue weighted by atomic mass is 16.5. The van der Waals surface area contributed by atoms with Crippen LogP contribution >= 0.6 is 0 Å². The van der Waals surface area contributed by atoms with Gasteiger partial charge in [0.1, 0.15) is 5.75 Å². The first-order valence-electron chi connectivity index (χ1n) is 7.08. The Bertz CT molecular complexity index is 511. The zero-order valence-corrected chi connectivity index (χ0v) is 12.6. The molecule has 0 radical (unpaired) electrons. The molecule has 2 unspecified atom stereocenters. The van der Waals surface area contributed by atoms with Gasteiger partial charge < -0.3 is 15.2 Å². The minimum absolute atomic E-state index is 0.123. The maximum absolute atomic E-state index is 11.1. The van der Waals surface area contributed by atoms with E-state index >= 15 is 0 Å². The molecule has 20 heavy (non-hydrogen) atoms. The first-order valence-corrected chi connectivity index (χ1v) is 7.08. The largest absolute Gasteiger partial charge is 0.496 e. The lowest BCUT2D eigenvalue weighted by atomic mass is 9.92. The summed E-state index contributed by atoms with van der Waals surface area (Å²) in [5, 5.41) is 12.4. The lowest BCUT2D eigenvalue weighted by Crippen LogP contribution is -2.17. The molecule has 0 aliphatic carbocycles. The molecule has 1 aliphatic rings. The van der Waals surface area contributed by atoms with E-state index in [1.807, 2.05) is 6.92 Å². The molecule has 2 rings (SSSR count). The van der Waals surface area contributed by atoms with E-state index < -0.39 is 5.97 Å². The Morgan fingerprint density at radius 2 is 2.15 bits per heavy atom. The number of aryl methyl sites for hydroxylation is 1. The molecule has 0 spiro atoms. The summed E-state index contributed by atoms with van der Waals surface area (Å²) in [7, 11) is 1.70. The van der Waals surface area contributed by atoms with Crippen molar-refractivity contribution in [2.45, 2.75) is 39.2 Å². The van der Waals surface area contributed by atoms with Crippen molar-refractivity contribution in [2.24, 2.45) is 5.92 Å². The van der Waals surface area contributed by atoms with Crippen LogP contribution in [0.4, 0.5) is 0 Å². The molecular formula is C16H23NO3. The molecule has 1 fully saturated rings. The highest BCUT2D eigenvalue weighted by molar-refractivity contribution is 5.70. The summed E-state index contributed by atoms with van der Waals surface area (Å²) in [4.78, 5) is 11.1. The molecule has 110 valence electrons. The van der Waals surface area contributed by atoms with E-state index in [2.05, 4.69) is 31.3 Å². The monoisotopic (exact) mass is 277 g/mol. The van der Waals surface area contributed by atoms with Crippen LogP contribution in [0.2, 0.25) is 0 Å². The summed E-state index contributed by atoms with van der Waals surface area (Å²) in [5.41, 5.74) is 3.45. The molecule has 2 atom stereocenters. The molecule has 4 nitrogen and oxygen atoms in total. The van der Waals surface area contributed by atoms with E-state index in [1.54, 1.807) is 7.11 Å². The number of ether oxygens (including phenoxy) is 1. The van der Waals surface area contributed by atoms with Crippen LogP contribution in [0.5, 0.6) is 5.75 Å². The van der Waals surface area contributed by atoms with Crippen molar-refractivity contribution >= 4 is 5.97 Å². The van der Waals surface area contributed by atoms with Crippen molar-refractivity contribution in [3.8, 4) is 5.75 Å². The number of aliphatic carboxylic acids is 1. The van der Waals surface area contributed by atoms with Gasteiger partial charge in [0.2, 0.25) is 0 Å². The number of hydrogen-bond donors (Lipinski definition) is 2. The van der Waals surface area contributed by atoms with Crippen LogP contribution in [0.3, 0.4) is 0 Å². The van der Waals surface area contributed by atoms with Gasteiger partial charge in [0.15, 0.2) is 0 Å². The summed E-state index contributed by atoms with van der Waals surface area (Å²) < 4.78 is 5.50. The van der Waals surface area contributed by atoms with Crippen molar-refractivity contribution in [1.29, 1.82) is 0 Å². The summed E-state index contributed by atoms with van der Waals surface area (Å²) >= 11 is 0. The van der Waals surface area contributed by atoms with Crippen LogP contribution in [0, 0.1) is 12.8 Å². The van der Waals surface area contributed by atoms with E-state index in [-0.39, 0.29) is 12.0 Å². The van der Waals surface area contributed by atoms with Gasteiger partial charge in [0, 0.05) is 12.6 Å². The Balaban J connectivity index is 2.32. The second kappa shape index (κ2) is 5.83. The number of benzene rings is 1. The third-order valence-electron chi connectivity index (χ3n) is 4.03. The minimum Gasteiger partial charge on any atom is -0.496 e. The average Bonchev–Trinajstić information content (AvgIpc) is 2.87. The third-order valence-corrected chi connectivity index (χ3v) is 4.03. The number of rotatable bonds is 4. The molecule has 1 aromatic rings. The maximum Gasteiger partial charge on any atom is 0.307 e. The second-order valence-electron chi connectivity index (χ2n) is 5.85. The SMILES string of the molecule is COc1c(C)cc(C2CC(C(=O)O)CN2)cc1C(C)C. The topological polar surface area (TPSA) is 58.6 Å². The van der Waals surface area contributed by atoms with Gasteiger partial charge in [-0.2, -0.15) is 0 Å². The van der Waals surface area contributed by atoms with Gasteiger partial charge in [-0.1, -0.05) is 26.0 Å². The Kier molecular flexibility index (Phi) is 4.33. The van der Waals surface area contributed by atoms with Crippen molar-refractivity contribution in [3.63, 3.8) is 0 Å². The number of carboxylic acids is 1. The van der Waals surface area contributed by atoms with Crippen molar-refractivity contribution < 1.29 is 14.6 Å². The number of nitrogens with one attached hydrogen (secondary N) is 1. The molecule has 4 heteroatoms. The van der Waals surface area contributed by atoms with Gasteiger partial charge in [0.05, 0.1) is 13.0 Å². The lowest BCUT2D eigenvalue weighted by Gasteiger charge is -2.19. The molecule has 1 aliphatic heterocycles. The van der Waals surface area contributed by atoms with Crippen LogP contribution in [0.1, 0.15) is 48.9 Å². The van der Waals surface area contributed by atoms with Gasteiger partial charge in [-0.25, -0.2) is 0 Å². The molecule has 1 aromatic carbocycles. The number of carbonyl (C=O) groups is 1. The van der Waals surface area contributed by atoms with Crippen LogP contribution in [0.15, 0.2) is 12.1 Å². The Labute approximate surface area is 120 Å². The molecule has 1 saturated heterocycles. The quantitative estimate of drug-likeness (QED) is 0.888. The van der Waals surface area contributed by atoms with Gasteiger partial charge in [-0.05, 0) is 36.0 Å². The summed E-state index contributed by atoms with van der Waals surface area (Å²) in [6.07, 6.45) is 0.651. The molecule has 0 aromatic heterocycles. The molecular weight excluding hydrogens is 254 g/mol. The fourth-order valence-corrected chi connectivity index (χ4v) is 2.92. The predicted octanol–water partition coefficient (Wildman–Crippen LogP) is 2.86. The molecule has 0 bridgehead atoms. The van der Waals surface area contributed by atoms with Gasteiger partial charge in [0.25, 0.3) is 0 Å². The number of carboxylic acid groups (broad SMARTS) is 1. The highest BCUT2D eigenvalue weighted by Gasteiger charge is 2.30. The number of methoxy groups -OCH3 is 1. The first-order chi connectivity index (χ1) is 9.43. The van der Waals surface area contributed by atoms with Crippen molar-refractivity contribution in [3.05, 3.63) is 28.8 Å². The van der Waals surface area contributed by atoms with E-state index in [9.17, 15) is 4.79 Å². The van der Waals surface area contributed by atoms with Crippen molar-refractivity contribution in [1.82, 2.24) is 5.32 Å². The van der Waals surface area contributed by atoms with Crippen LogP contribution in [-0.4, -0.2) is 24.7 Å². The Morgan fingerprint density at radius 1 is 1.45 bits per heavy atom. The highest BCUT2D eigenvalue weighted by Crippen LogP contribution is 2.35. The normalized spacial score (nSPS) is 22.2.